The van der Waals surface area contributed by atoms with E-state index < -0.39 is 6.10 Å². The Hall–Kier alpha value is -2.53. The predicted octanol–water partition coefficient (Wildman–Crippen LogP) is 3.13. The summed E-state index contributed by atoms with van der Waals surface area (Å²) in [5.74, 6) is 2.62. The van der Waals surface area contributed by atoms with E-state index >= 15 is 0 Å². The fourth-order valence-electron chi connectivity index (χ4n) is 4.82. The van der Waals surface area contributed by atoms with Gasteiger partial charge >= 0.3 is 0 Å². The van der Waals surface area contributed by atoms with Gasteiger partial charge in [0.25, 0.3) is 0 Å². The molecule has 1 aromatic carbocycles. The molecule has 27 heavy (non-hydrogen) atoms. The third-order valence-electron chi connectivity index (χ3n) is 6.18. The number of anilines is 1. The zero-order valence-corrected chi connectivity index (χ0v) is 15.7. The van der Waals surface area contributed by atoms with Crippen LogP contribution in [-0.4, -0.2) is 36.0 Å². The molecule has 0 amide bonds. The van der Waals surface area contributed by atoms with Gasteiger partial charge in [-0.25, -0.2) is 4.98 Å². The van der Waals surface area contributed by atoms with Crippen molar-refractivity contribution in [2.45, 2.75) is 43.9 Å². The summed E-state index contributed by atoms with van der Waals surface area (Å²) < 4.78 is 12.0. The van der Waals surface area contributed by atoms with Crippen LogP contribution >= 0.6 is 0 Å². The van der Waals surface area contributed by atoms with Gasteiger partial charge < -0.3 is 19.5 Å². The van der Waals surface area contributed by atoms with E-state index in [0.717, 1.165) is 36.8 Å². The summed E-state index contributed by atoms with van der Waals surface area (Å²) in [7, 11) is 1.68. The minimum absolute atomic E-state index is 0.0621. The molecule has 1 aliphatic carbocycles. The molecule has 140 valence electrons. The highest BCUT2D eigenvalue weighted by molar-refractivity contribution is 5.62. The molecule has 2 aliphatic heterocycles. The Morgan fingerprint density at radius 2 is 2.22 bits per heavy atom. The molecule has 3 heterocycles. The topological polar surface area (TPSA) is 54.8 Å². The lowest BCUT2D eigenvalue weighted by molar-refractivity contribution is 0.0856. The first kappa shape index (κ1) is 16.6. The number of aryl methyl sites for hydroxylation is 1. The van der Waals surface area contributed by atoms with Crippen molar-refractivity contribution >= 4 is 5.82 Å². The van der Waals surface area contributed by atoms with Gasteiger partial charge in [-0.2, -0.15) is 0 Å². The van der Waals surface area contributed by atoms with E-state index in [0.29, 0.717) is 6.42 Å². The largest absolute Gasteiger partial charge is 0.493 e. The van der Waals surface area contributed by atoms with Crippen LogP contribution in [0.1, 0.15) is 29.5 Å². The number of hydrogen-bond acceptors (Lipinski definition) is 5. The van der Waals surface area contributed by atoms with E-state index in [1.807, 2.05) is 24.4 Å². The smallest absolute Gasteiger partial charge is 0.166 e. The first-order valence-corrected chi connectivity index (χ1v) is 9.53. The van der Waals surface area contributed by atoms with Crippen molar-refractivity contribution in [3.8, 4) is 11.5 Å². The SMILES string of the molecule is COc1ccc2c3c1O[C@H]1C[C@@H](O)C=C[C@@]31CCN(c1cc(C)ccn1)C2. The van der Waals surface area contributed by atoms with Crippen LogP contribution in [0.25, 0.3) is 0 Å². The Morgan fingerprint density at radius 3 is 3.04 bits per heavy atom. The number of rotatable bonds is 2. The highest BCUT2D eigenvalue weighted by Gasteiger charge is 2.52. The van der Waals surface area contributed by atoms with E-state index in [1.165, 1.54) is 16.7 Å². The van der Waals surface area contributed by atoms with Gasteiger partial charge in [-0.05, 0) is 42.7 Å². The van der Waals surface area contributed by atoms with Gasteiger partial charge in [0.2, 0.25) is 0 Å². The summed E-state index contributed by atoms with van der Waals surface area (Å²) >= 11 is 0. The lowest BCUT2D eigenvalue weighted by Crippen LogP contribution is -2.43. The van der Waals surface area contributed by atoms with Crippen LogP contribution in [0.5, 0.6) is 11.5 Å². The molecule has 3 aliphatic rings. The van der Waals surface area contributed by atoms with Gasteiger partial charge in [-0.3, -0.25) is 0 Å². The highest BCUT2D eigenvalue weighted by atomic mass is 16.5. The molecule has 5 heteroatoms. The minimum atomic E-state index is -0.456. The van der Waals surface area contributed by atoms with E-state index in [4.69, 9.17) is 9.47 Å². The molecule has 0 saturated carbocycles. The number of ether oxygens (including phenoxy) is 2. The van der Waals surface area contributed by atoms with Gasteiger partial charge in [0.15, 0.2) is 11.5 Å². The van der Waals surface area contributed by atoms with Gasteiger partial charge in [0, 0.05) is 31.3 Å². The van der Waals surface area contributed by atoms with E-state index in [9.17, 15) is 5.11 Å². The van der Waals surface area contributed by atoms with Crippen LogP contribution in [0.15, 0.2) is 42.6 Å². The maximum Gasteiger partial charge on any atom is 0.166 e. The van der Waals surface area contributed by atoms with Gasteiger partial charge in [-0.15, -0.1) is 0 Å². The van der Waals surface area contributed by atoms with Crippen molar-refractivity contribution in [3.05, 3.63) is 59.3 Å². The number of benzene rings is 1. The van der Waals surface area contributed by atoms with Crippen LogP contribution < -0.4 is 14.4 Å². The Labute approximate surface area is 159 Å². The number of aliphatic hydroxyl groups is 1. The lowest BCUT2D eigenvalue weighted by Gasteiger charge is -2.35. The summed E-state index contributed by atoms with van der Waals surface area (Å²) in [6.45, 7) is 3.77. The zero-order chi connectivity index (χ0) is 18.6. The van der Waals surface area contributed by atoms with Crippen LogP contribution in [0.4, 0.5) is 5.82 Å². The third kappa shape index (κ3) is 2.45. The molecule has 0 unspecified atom stereocenters. The lowest BCUT2D eigenvalue weighted by atomic mass is 9.69. The molecule has 1 N–H and O–H groups in total. The molecule has 0 fully saturated rings. The standard InChI is InChI=1S/C22H24N2O3/c1-14-6-9-23-19(11-14)24-10-8-22-7-5-16(25)12-18(22)27-21-17(26-2)4-3-15(13-24)20(21)22/h3-7,9,11,16,18,25H,8,10,12-13H2,1-2H3/t16-,18-,22-/m0/s1. The second-order valence-electron chi connectivity index (χ2n) is 7.80. The Balaban J connectivity index is 1.65. The van der Waals surface area contributed by atoms with Crippen LogP contribution in [0.3, 0.4) is 0 Å². The van der Waals surface area contributed by atoms with Crippen molar-refractivity contribution in [1.29, 1.82) is 0 Å². The van der Waals surface area contributed by atoms with Crippen LogP contribution in [0, 0.1) is 6.92 Å². The molecule has 3 atom stereocenters. The van der Waals surface area contributed by atoms with Crippen molar-refractivity contribution in [1.82, 2.24) is 4.98 Å². The third-order valence-corrected chi connectivity index (χ3v) is 6.18. The number of pyridine rings is 1. The summed E-state index contributed by atoms with van der Waals surface area (Å²) in [4.78, 5) is 6.95. The van der Waals surface area contributed by atoms with Crippen LogP contribution in [0.2, 0.25) is 0 Å². The van der Waals surface area contributed by atoms with Crippen molar-refractivity contribution < 1.29 is 14.6 Å². The molecular formula is C22H24N2O3. The second-order valence-corrected chi connectivity index (χ2v) is 7.80. The number of methoxy groups -OCH3 is 1. The molecule has 0 saturated heterocycles. The first-order chi connectivity index (χ1) is 13.1. The molecule has 5 rings (SSSR count). The summed E-state index contributed by atoms with van der Waals surface area (Å²) in [6.07, 6.45) is 6.99. The highest BCUT2D eigenvalue weighted by Crippen LogP contribution is 2.55. The van der Waals surface area contributed by atoms with E-state index in [2.05, 4.69) is 35.0 Å². The zero-order valence-electron chi connectivity index (χ0n) is 15.7. The molecule has 5 nitrogen and oxygen atoms in total. The fourth-order valence-corrected chi connectivity index (χ4v) is 4.82. The van der Waals surface area contributed by atoms with Gasteiger partial charge in [0.1, 0.15) is 11.9 Å². The summed E-state index contributed by atoms with van der Waals surface area (Å²) in [5.41, 5.74) is 3.47. The Kier molecular flexibility index (Phi) is 3.69. The van der Waals surface area contributed by atoms with Crippen molar-refractivity contribution in [3.63, 3.8) is 0 Å². The quantitative estimate of drug-likeness (QED) is 0.830. The Morgan fingerprint density at radius 1 is 1.33 bits per heavy atom. The number of hydrogen-bond donors (Lipinski definition) is 1. The first-order valence-electron chi connectivity index (χ1n) is 9.53. The van der Waals surface area contributed by atoms with Crippen LogP contribution in [-0.2, 0) is 12.0 Å². The maximum absolute atomic E-state index is 10.2. The number of aromatic nitrogens is 1. The molecule has 2 aromatic rings. The molecule has 1 aromatic heterocycles. The average molecular weight is 364 g/mol. The monoisotopic (exact) mass is 364 g/mol. The average Bonchev–Trinajstić information content (AvgIpc) is 2.89. The molecule has 0 radical (unpaired) electrons. The number of nitrogens with zero attached hydrogens (tertiary/aromatic N) is 2. The second kappa shape index (κ2) is 5.99. The van der Waals surface area contributed by atoms with E-state index in [1.54, 1.807) is 7.11 Å². The Bertz CT molecular complexity index is 926. The molecular weight excluding hydrogens is 340 g/mol. The summed E-state index contributed by atoms with van der Waals surface area (Å²) in [5, 5.41) is 10.2. The fraction of sp³-hybridized carbons (Fsp3) is 0.409. The predicted molar refractivity (Wildman–Crippen MR) is 103 cm³/mol. The van der Waals surface area contributed by atoms with Gasteiger partial charge in [-0.1, -0.05) is 18.2 Å². The molecule has 1 spiro atoms. The maximum atomic E-state index is 10.2. The van der Waals surface area contributed by atoms with E-state index in [-0.39, 0.29) is 11.5 Å². The number of aliphatic hydroxyl groups excluding tert-OH is 1. The van der Waals surface area contributed by atoms with Crippen molar-refractivity contribution in [2.75, 3.05) is 18.6 Å². The van der Waals surface area contributed by atoms with Gasteiger partial charge in [0.05, 0.1) is 18.6 Å². The normalized spacial score (nSPS) is 28.2. The van der Waals surface area contributed by atoms with Crippen molar-refractivity contribution in [2.24, 2.45) is 0 Å². The summed E-state index contributed by atoms with van der Waals surface area (Å²) in [6, 6.07) is 8.31. The molecule has 0 bridgehead atoms. The minimum Gasteiger partial charge on any atom is -0.493 e.